The number of aromatic nitrogens is 4. The Morgan fingerprint density at radius 2 is 1.16 bits per heavy atom. The molecule has 2 saturated carbocycles. The highest BCUT2D eigenvalue weighted by Gasteiger charge is 2.54. The summed E-state index contributed by atoms with van der Waals surface area (Å²) in [6, 6.07) is 11.6. The van der Waals surface area contributed by atoms with Gasteiger partial charge in [-0.2, -0.15) is 0 Å². The number of ether oxygens (including phenoxy) is 5. The molecule has 0 N–H and O–H groups in total. The normalized spacial score (nSPS) is 30.8. The second kappa shape index (κ2) is 17.2. The molecule has 6 saturated heterocycles. The first-order chi connectivity index (χ1) is 32.6. The summed E-state index contributed by atoms with van der Waals surface area (Å²) in [5.74, 6) is 1.38. The van der Waals surface area contributed by atoms with Crippen LogP contribution >= 0.6 is 0 Å². The van der Waals surface area contributed by atoms with E-state index in [4.69, 9.17) is 32.5 Å². The number of piperidine rings is 2. The first-order valence-electron chi connectivity index (χ1n) is 24.4. The Hall–Kier alpha value is -4.91. The van der Waals surface area contributed by atoms with Crippen LogP contribution in [0.3, 0.4) is 0 Å². The summed E-state index contributed by atoms with van der Waals surface area (Å²) >= 11 is 0. The number of hydrogen-bond donors (Lipinski definition) is 0. The maximum atomic E-state index is 14.7. The van der Waals surface area contributed by atoms with Crippen molar-refractivity contribution in [1.82, 2.24) is 30.2 Å². The van der Waals surface area contributed by atoms with Crippen molar-refractivity contribution in [2.45, 2.75) is 118 Å². The molecular weight excluding hydrogens is 867 g/mol. The van der Waals surface area contributed by atoms with Crippen LogP contribution in [0.25, 0.3) is 0 Å². The van der Waals surface area contributed by atoms with Crippen LogP contribution in [-0.2, 0) is 19.0 Å². The van der Waals surface area contributed by atoms with Crippen LogP contribution in [-0.4, -0.2) is 144 Å². The van der Waals surface area contributed by atoms with Crippen molar-refractivity contribution in [3.05, 3.63) is 71.9 Å². The van der Waals surface area contributed by atoms with Gasteiger partial charge in [-0.1, -0.05) is 10.2 Å². The molecule has 6 aliphatic heterocycles. The lowest BCUT2D eigenvalue weighted by Crippen LogP contribution is -2.62. The molecule has 0 unspecified atom stereocenters. The zero-order valence-electron chi connectivity index (χ0n) is 38.1. The van der Waals surface area contributed by atoms with E-state index >= 15 is 0 Å². The highest BCUT2D eigenvalue weighted by atomic mass is 19.1. The lowest BCUT2D eigenvalue weighted by molar-refractivity contribution is -0.169. The van der Waals surface area contributed by atoms with Crippen molar-refractivity contribution in [1.29, 1.82) is 0 Å². The average Bonchev–Trinajstić information content (AvgIpc) is 4.14. The highest BCUT2D eigenvalue weighted by molar-refractivity contribution is 5.77. The van der Waals surface area contributed by atoms with Gasteiger partial charge in [0.2, 0.25) is 12.8 Å². The van der Waals surface area contributed by atoms with Crippen LogP contribution in [0.1, 0.15) is 94.1 Å². The number of nitrogens with zero attached hydrogens (tertiary/aromatic N) is 8. The van der Waals surface area contributed by atoms with Gasteiger partial charge >= 0.3 is 18.0 Å². The fourth-order valence-electron chi connectivity index (χ4n) is 12.6. The topological polar surface area (TPSA) is 154 Å². The van der Waals surface area contributed by atoms with E-state index < -0.39 is 5.41 Å². The van der Waals surface area contributed by atoms with Gasteiger partial charge in [0, 0.05) is 42.0 Å². The van der Waals surface area contributed by atoms with Crippen LogP contribution in [0.15, 0.2) is 58.0 Å². The van der Waals surface area contributed by atoms with E-state index in [1.165, 1.54) is 24.9 Å². The Balaban J connectivity index is 0.567. The molecule has 2 aromatic heterocycles. The van der Waals surface area contributed by atoms with Crippen LogP contribution in [0, 0.1) is 23.0 Å². The van der Waals surface area contributed by atoms with Gasteiger partial charge in [-0.25, -0.2) is 8.78 Å². The summed E-state index contributed by atoms with van der Waals surface area (Å²) in [5, 5.41) is 15.6. The molecule has 0 radical (unpaired) electrons. The molecule has 2 spiro atoms. The van der Waals surface area contributed by atoms with E-state index in [2.05, 4.69) is 40.0 Å². The van der Waals surface area contributed by atoms with E-state index in [0.717, 1.165) is 121 Å². The van der Waals surface area contributed by atoms with Crippen molar-refractivity contribution < 1.29 is 46.1 Å². The second-order valence-electron chi connectivity index (χ2n) is 21.2. The maximum absolute atomic E-state index is 14.7. The standard InChI is InChI=1S/C49H60F2N8O8/c1-47(20-39(21-47)67-43-5-3-35(51)17-41(43)33-8-12-57(13-9-33)37-19-49(65-24-37)27-59(28-49)46-55-53-30-63-46)44(60)61-22-31-14-38(15-31)66-42-4-2-34(50)16-40(42)32-6-10-56(11-7-32)36-18-48(64-23-36)25-58(26-48)45-54-52-29-62-45/h2-5,16-17,29-33,36-39H,6-15,18-28H2,1H3/t31?,36-,37-,38?,39?,47?/m0/s1. The van der Waals surface area contributed by atoms with E-state index in [1.54, 1.807) is 24.3 Å². The lowest BCUT2D eigenvalue weighted by Gasteiger charge is -2.46. The molecule has 8 fully saturated rings. The summed E-state index contributed by atoms with van der Waals surface area (Å²) < 4.78 is 71.7. The number of benzene rings is 2. The van der Waals surface area contributed by atoms with Gasteiger partial charge in [-0.3, -0.25) is 14.6 Å². The van der Waals surface area contributed by atoms with Crippen molar-refractivity contribution >= 4 is 18.0 Å². The highest BCUT2D eigenvalue weighted by Crippen LogP contribution is 2.47. The minimum Gasteiger partial charge on any atom is -0.490 e. The van der Waals surface area contributed by atoms with Gasteiger partial charge in [0.05, 0.1) is 57.5 Å². The van der Waals surface area contributed by atoms with Crippen molar-refractivity contribution in [3.8, 4) is 11.5 Å². The quantitative estimate of drug-likeness (QED) is 0.141. The molecule has 18 heteroatoms. The van der Waals surface area contributed by atoms with E-state index in [9.17, 15) is 13.6 Å². The largest absolute Gasteiger partial charge is 0.490 e. The fraction of sp³-hybridized carbons (Fsp3) is 0.653. The molecule has 358 valence electrons. The number of halogens is 2. The number of likely N-dealkylation sites (tertiary alicyclic amines) is 2. The van der Waals surface area contributed by atoms with Crippen LogP contribution in [0.4, 0.5) is 20.8 Å². The molecule has 2 atom stereocenters. The van der Waals surface area contributed by atoms with Crippen molar-refractivity contribution in [2.75, 3.05) is 82.0 Å². The Morgan fingerprint density at radius 3 is 1.63 bits per heavy atom. The molecule has 4 aromatic rings. The average molecular weight is 927 g/mol. The van der Waals surface area contributed by atoms with Crippen LogP contribution in [0.5, 0.6) is 11.5 Å². The molecule has 67 heavy (non-hydrogen) atoms. The zero-order chi connectivity index (χ0) is 45.3. The predicted molar refractivity (Wildman–Crippen MR) is 237 cm³/mol. The Kier molecular flexibility index (Phi) is 11.2. The number of esters is 1. The van der Waals surface area contributed by atoms with E-state index in [1.807, 2.05) is 6.92 Å². The minimum absolute atomic E-state index is 0.00441. The smallest absolute Gasteiger partial charge is 0.318 e. The molecule has 16 nitrogen and oxygen atoms in total. The van der Waals surface area contributed by atoms with Gasteiger partial charge in [0.15, 0.2) is 0 Å². The third kappa shape index (κ3) is 8.53. The van der Waals surface area contributed by atoms with Crippen LogP contribution in [0.2, 0.25) is 0 Å². The summed E-state index contributed by atoms with van der Waals surface area (Å²) in [4.78, 5) is 22.6. The summed E-state index contributed by atoms with van der Waals surface area (Å²) in [6.45, 7) is 10.4. The van der Waals surface area contributed by atoms with Gasteiger partial charge in [0.25, 0.3) is 0 Å². The molecule has 12 rings (SSSR count). The number of carbonyl (C=O) groups is 1. The number of anilines is 2. The maximum Gasteiger partial charge on any atom is 0.318 e. The predicted octanol–water partition coefficient (Wildman–Crippen LogP) is 6.13. The SMILES string of the molecule is CC1(C(=O)OCC2CC(Oc3ccc(F)cc3C3CCN([C@@H]4COC5(C4)CN(c4nnco4)C5)CC3)C2)CC(Oc2ccc(F)cc2C2CCN([C@@H]3COC4(C3)CN(c3nnco3)C4)CC2)C1. The number of rotatable bonds is 13. The fourth-order valence-corrected chi connectivity index (χ4v) is 12.6. The van der Waals surface area contributed by atoms with Crippen molar-refractivity contribution in [3.63, 3.8) is 0 Å². The first kappa shape index (κ1) is 43.4. The van der Waals surface area contributed by atoms with Gasteiger partial charge < -0.3 is 42.3 Å². The summed E-state index contributed by atoms with van der Waals surface area (Å²) in [5.41, 5.74) is 0.920. The van der Waals surface area contributed by atoms with Crippen LogP contribution < -0.4 is 19.3 Å². The third-order valence-electron chi connectivity index (χ3n) is 16.5. The zero-order valence-corrected chi connectivity index (χ0v) is 38.1. The molecule has 8 heterocycles. The van der Waals surface area contributed by atoms with Gasteiger partial charge in [-0.15, -0.1) is 10.2 Å². The number of carbonyl (C=O) groups excluding carboxylic acids is 1. The molecular formula is C49H60F2N8O8. The molecule has 0 bridgehead atoms. The molecule has 8 aliphatic rings. The Morgan fingerprint density at radius 1 is 0.687 bits per heavy atom. The third-order valence-corrected chi connectivity index (χ3v) is 16.5. The van der Waals surface area contributed by atoms with Gasteiger partial charge in [-0.05, 0) is 133 Å². The second-order valence-corrected chi connectivity index (χ2v) is 21.2. The lowest BCUT2D eigenvalue weighted by atomic mass is 9.68. The van der Waals surface area contributed by atoms with Crippen molar-refractivity contribution in [2.24, 2.45) is 11.3 Å². The monoisotopic (exact) mass is 926 g/mol. The first-order valence-corrected chi connectivity index (χ1v) is 24.4. The molecule has 0 amide bonds. The molecule has 2 aliphatic carbocycles. The molecule has 2 aromatic carbocycles. The Bertz CT molecular complexity index is 2370. The van der Waals surface area contributed by atoms with E-state index in [-0.39, 0.29) is 58.8 Å². The Labute approximate surface area is 388 Å². The van der Waals surface area contributed by atoms with E-state index in [0.29, 0.717) is 62.5 Å². The van der Waals surface area contributed by atoms with Gasteiger partial charge in [0.1, 0.15) is 40.4 Å². The number of hydrogen-bond acceptors (Lipinski definition) is 16. The summed E-state index contributed by atoms with van der Waals surface area (Å²) in [6.07, 6.45) is 10.8. The summed E-state index contributed by atoms with van der Waals surface area (Å²) in [7, 11) is 0. The minimum atomic E-state index is -0.626.